The summed E-state index contributed by atoms with van der Waals surface area (Å²) in [5, 5.41) is 3.18. The van der Waals surface area contributed by atoms with E-state index in [9.17, 15) is 4.79 Å². The molecule has 3 nitrogen and oxygen atoms in total. The lowest BCUT2D eigenvalue weighted by Gasteiger charge is -2.30. The number of hydrogen-bond donors (Lipinski definition) is 1. The highest BCUT2D eigenvalue weighted by Gasteiger charge is 2.28. The fourth-order valence-electron chi connectivity index (χ4n) is 3.26. The van der Waals surface area contributed by atoms with Crippen LogP contribution in [0.25, 0.3) is 0 Å². The van der Waals surface area contributed by atoms with Crippen molar-refractivity contribution in [3.63, 3.8) is 0 Å². The first-order valence-electron chi connectivity index (χ1n) is 8.90. The van der Waals surface area contributed by atoms with Gasteiger partial charge in [-0.3, -0.25) is 9.69 Å². The van der Waals surface area contributed by atoms with Crippen molar-refractivity contribution in [2.24, 2.45) is 0 Å². The molecular formula is C21H26N2OS. The minimum atomic E-state index is -0.236. The third-order valence-corrected chi connectivity index (χ3v) is 5.69. The lowest BCUT2D eigenvalue weighted by molar-refractivity contribution is -0.121. The zero-order valence-corrected chi connectivity index (χ0v) is 15.8. The van der Waals surface area contributed by atoms with Crippen molar-refractivity contribution in [1.29, 1.82) is 0 Å². The molecule has 25 heavy (non-hydrogen) atoms. The SMILES string of the molecule is Cc1ccc(C)c(NC(=O)[C@@H](c2ccccc2)N2CCCSCC2)c1. The van der Waals surface area contributed by atoms with Crippen LogP contribution in [0.1, 0.15) is 29.2 Å². The summed E-state index contributed by atoms with van der Waals surface area (Å²) in [5.74, 6) is 2.32. The molecule has 0 aliphatic carbocycles. The molecule has 0 unspecified atom stereocenters. The Balaban J connectivity index is 1.87. The quantitative estimate of drug-likeness (QED) is 0.882. The number of nitrogens with one attached hydrogen (secondary N) is 1. The van der Waals surface area contributed by atoms with Crippen LogP contribution in [0.2, 0.25) is 0 Å². The number of benzene rings is 2. The molecule has 4 heteroatoms. The van der Waals surface area contributed by atoms with Gasteiger partial charge in [-0.1, -0.05) is 42.5 Å². The topological polar surface area (TPSA) is 32.3 Å². The highest BCUT2D eigenvalue weighted by molar-refractivity contribution is 7.99. The Morgan fingerprint density at radius 1 is 1.08 bits per heavy atom. The number of carbonyl (C=O) groups is 1. The van der Waals surface area contributed by atoms with Crippen LogP contribution in [0, 0.1) is 13.8 Å². The van der Waals surface area contributed by atoms with Crippen LogP contribution in [-0.4, -0.2) is 35.4 Å². The van der Waals surface area contributed by atoms with Crippen LogP contribution in [0.15, 0.2) is 48.5 Å². The van der Waals surface area contributed by atoms with E-state index in [1.54, 1.807) is 0 Å². The standard InChI is InChI=1S/C21H26N2OS/c1-16-9-10-17(2)19(15-16)22-21(24)20(18-7-4-3-5-8-18)23-11-6-13-25-14-12-23/h3-5,7-10,15,20H,6,11-14H2,1-2H3,(H,22,24)/t20-/m1/s1. The third-order valence-electron chi connectivity index (χ3n) is 4.64. The van der Waals surface area contributed by atoms with E-state index in [1.165, 1.54) is 5.75 Å². The number of rotatable bonds is 4. The van der Waals surface area contributed by atoms with Gasteiger partial charge in [-0.05, 0) is 48.8 Å². The van der Waals surface area contributed by atoms with Gasteiger partial charge in [0, 0.05) is 24.5 Å². The molecule has 0 bridgehead atoms. The average Bonchev–Trinajstić information content (AvgIpc) is 2.89. The van der Waals surface area contributed by atoms with Crippen LogP contribution in [-0.2, 0) is 4.79 Å². The molecule has 1 atom stereocenters. The maximum atomic E-state index is 13.2. The normalized spacial score (nSPS) is 16.9. The Morgan fingerprint density at radius 2 is 1.88 bits per heavy atom. The van der Waals surface area contributed by atoms with Gasteiger partial charge in [0.1, 0.15) is 6.04 Å². The molecule has 132 valence electrons. The molecule has 1 aliphatic rings. The predicted octanol–water partition coefficient (Wildman–Crippen LogP) is 4.42. The molecule has 2 aromatic rings. The molecule has 0 radical (unpaired) electrons. The molecule has 3 rings (SSSR count). The summed E-state index contributed by atoms with van der Waals surface area (Å²) >= 11 is 1.98. The van der Waals surface area contributed by atoms with E-state index in [0.717, 1.165) is 47.6 Å². The molecule has 0 spiro atoms. The molecule has 1 aliphatic heterocycles. The Morgan fingerprint density at radius 3 is 2.68 bits per heavy atom. The largest absolute Gasteiger partial charge is 0.324 e. The first-order chi connectivity index (χ1) is 12.1. The van der Waals surface area contributed by atoms with Crippen molar-refractivity contribution in [2.75, 3.05) is 29.9 Å². The molecule has 1 amide bonds. The molecule has 2 aromatic carbocycles. The highest BCUT2D eigenvalue weighted by Crippen LogP contribution is 2.26. The number of thioether (sulfide) groups is 1. The number of hydrogen-bond acceptors (Lipinski definition) is 3. The van der Waals surface area contributed by atoms with Gasteiger partial charge in [0.05, 0.1) is 0 Å². The van der Waals surface area contributed by atoms with Crippen LogP contribution in [0.5, 0.6) is 0 Å². The van der Waals surface area contributed by atoms with E-state index in [2.05, 4.69) is 41.4 Å². The first-order valence-corrected chi connectivity index (χ1v) is 10.1. The van der Waals surface area contributed by atoms with E-state index in [4.69, 9.17) is 0 Å². The average molecular weight is 355 g/mol. The summed E-state index contributed by atoms with van der Waals surface area (Å²) in [6.07, 6.45) is 1.13. The monoisotopic (exact) mass is 354 g/mol. The number of nitrogens with zero attached hydrogens (tertiary/aromatic N) is 1. The van der Waals surface area contributed by atoms with Crippen molar-refractivity contribution in [1.82, 2.24) is 4.90 Å². The lowest BCUT2D eigenvalue weighted by Crippen LogP contribution is -2.38. The van der Waals surface area contributed by atoms with Gasteiger partial charge >= 0.3 is 0 Å². The van der Waals surface area contributed by atoms with Gasteiger partial charge in [0.25, 0.3) is 0 Å². The van der Waals surface area contributed by atoms with Gasteiger partial charge < -0.3 is 5.32 Å². The number of anilines is 1. The fraction of sp³-hybridized carbons (Fsp3) is 0.381. The van der Waals surface area contributed by atoms with Crippen LogP contribution >= 0.6 is 11.8 Å². The Bertz CT molecular complexity index is 709. The molecule has 1 fully saturated rings. The van der Waals surface area contributed by atoms with Crippen molar-refractivity contribution >= 4 is 23.4 Å². The number of carbonyl (C=O) groups excluding carboxylic acids is 1. The van der Waals surface area contributed by atoms with Crippen molar-refractivity contribution in [2.45, 2.75) is 26.3 Å². The Kier molecular flexibility index (Phi) is 6.16. The Hall–Kier alpha value is -1.78. The predicted molar refractivity (Wildman–Crippen MR) is 107 cm³/mol. The second-order valence-electron chi connectivity index (χ2n) is 6.62. The molecule has 1 heterocycles. The van der Waals surface area contributed by atoms with Gasteiger partial charge in [0.2, 0.25) is 5.91 Å². The van der Waals surface area contributed by atoms with Gasteiger partial charge in [-0.2, -0.15) is 11.8 Å². The van der Waals surface area contributed by atoms with Gasteiger partial charge in [-0.15, -0.1) is 0 Å². The Labute approximate surface area is 154 Å². The van der Waals surface area contributed by atoms with Crippen molar-refractivity contribution in [3.8, 4) is 0 Å². The summed E-state index contributed by atoms with van der Waals surface area (Å²) in [4.78, 5) is 15.6. The number of aryl methyl sites for hydroxylation is 2. The second kappa shape index (κ2) is 8.54. The maximum absolute atomic E-state index is 13.2. The van der Waals surface area contributed by atoms with Crippen LogP contribution in [0.4, 0.5) is 5.69 Å². The van der Waals surface area contributed by atoms with Crippen molar-refractivity contribution < 1.29 is 4.79 Å². The minimum absolute atomic E-state index is 0.0619. The van der Waals surface area contributed by atoms with E-state index in [0.29, 0.717) is 0 Å². The number of amides is 1. The third kappa shape index (κ3) is 4.65. The molecule has 1 N–H and O–H groups in total. The maximum Gasteiger partial charge on any atom is 0.246 e. The van der Waals surface area contributed by atoms with E-state index >= 15 is 0 Å². The molecule has 0 saturated carbocycles. The lowest BCUT2D eigenvalue weighted by atomic mass is 10.0. The fourth-order valence-corrected chi connectivity index (χ4v) is 4.16. The van der Waals surface area contributed by atoms with E-state index < -0.39 is 0 Å². The summed E-state index contributed by atoms with van der Waals surface area (Å²) in [6.45, 7) is 6.00. The van der Waals surface area contributed by atoms with E-state index in [1.807, 2.05) is 43.0 Å². The smallest absolute Gasteiger partial charge is 0.246 e. The summed E-state index contributed by atoms with van der Waals surface area (Å²) < 4.78 is 0. The molecule has 0 aromatic heterocycles. The van der Waals surface area contributed by atoms with Crippen LogP contribution in [0.3, 0.4) is 0 Å². The summed E-state index contributed by atoms with van der Waals surface area (Å²) in [7, 11) is 0. The summed E-state index contributed by atoms with van der Waals surface area (Å²) in [6, 6.07) is 16.1. The zero-order chi connectivity index (χ0) is 17.6. The summed E-state index contributed by atoms with van der Waals surface area (Å²) in [5.41, 5.74) is 4.23. The molecular weight excluding hydrogens is 328 g/mol. The highest BCUT2D eigenvalue weighted by atomic mass is 32.2. The van der Waals surface area contributed by atoms with Crippen LogP contribution < -0.4 is 5.32 Å². The zero-order valence-electron chi connectivity index (χ0n) is 15.0. The van der Waals surface area contributed by atoms with Gasteiger partial charge in [-0.25, -0.2) is 0 Å². The minimum Gasteiger partial charge on any atom is -0.324 e. The van der Waals surface area contributed by atoms with Crippen molar-refractivity contribution in [3.05, 3.63) is 65.2 Å². The first kappa shape index (κ1) is 18.0. The molecule has 1 saturated heterocycles. The van der Waals surface area contributed by atoms with Gasteiger partial charge in [0.15, 0.2) is 0 Å². The second-order valence-corrected chi connectivity index (χ2v) is 7.85. The van der Waals surface area contributed by atoms with E-state index in [-0.39, 0.29) is 11.9 Å².